The van der Waals surface area contributed by atoms with Crippen LogP contribution in [0, 0.1) is 0 Å². The number of phenolic OH excluding ortho intramolecular Hbond substituents is 2. The number of rotatable bonds is 14. The maximum Gasteiger partial charge on any atom is 0.352 e. The van der Waals surface area contributed by atoms with E-state index in [1.54, 1.807) is 10.8 Å². The van der Waals surface area contributed by atoms with E-state index in [-0.39, 0.29) is 45.8 Å². The summed E-state index contributed by atoms with van der Waals surface area (Å²) in [5, 5.41) is 55.6. The van der Waals surface area contributed by atoms with Crippen molar-refractivity contribution in [2.45, 2.75) is 56.8 Å². The topological polar surface area (TPSA) is 284 Å². The van der Waals surface area contributed by atoms with E-state index in [1.165, 1.54) is 23.2 Å². The maximum absolute atomic E-state index is 13.9. The second-order valence-electron chi connectivity index (χ2n) is 13.2. The van der Waals surface area contributed by atoms with Crippen molar-refractivity contribution in [3.8, 4) is 11.5 Å². The number of aliphatic carboxylic acids is 3. The number of thiazole rings is 1. The maximum atomic E-state index is 13.9. The number of nitrogens with zero attached hydrogens (tertiary/aromatic N) is 5. The zero-order valence-corrected chi connectivity index (χ0v) is 31.3. The summed E-state index contributed by atoms with van der Waals surface area (Å²) in [4.78, 5) is 86.4. The molecule has 0 aliphatic carbocycles. The number of pyridine rings is 1. The third-order valence-corrected chi connectivity index (χ3v) is 12.0. The minimum atomic E-state index is -1.95. The van der Waals surface area contributed by atoms with Crippen molar-refractivity contribution < 1.29 is 58.8 Å². The van der Waals surface area contributed by atoms with Crippen LogP contribution < -0.4 is 16.5 Å². The van der Waals surface area contributed by atoms with Crippen LogP contribution >= 0.6 is 34.7 Å². The van der Waals surface area contributed by atoms with Crippen molar-refractivity contribution in [3.63, 3.8) is 0 Å². The number of hydrogen-bond acceptors (Lipinski definition) is 14. The van der Waals surface area contributed by atoms with Gasteiger partial charge in [-0.15, -0.1) is 23.1 Å². The number of anilines is 1. The van der Waals surface area contributed by atoms with Crippen LogP contribution in [0.5, 0.6) is 11.5 Å². The second-order valence-corrected chi connectivity index (χ2v) is 15.6. The van der Waals surface area contributed by atoms with Gasteiger partial charge in [0, 0.05) is 48.4 Å². The van der Waals surface area contributed by atoms with Crippen LogP contribution in [0.25, 0.3) is 10.9 Å². The summed E-state index contributed by atoms with van der Waals surface area (Å²) in [5.74, 6) is -7.19. The molecule has 22 heteroatoms. The highest BCUT2D eigenvalue weighted by Crippen LogP contribution is 2.42. The summed E-state index contributed by atoms with van der Waals surface area (Å²) in [6.45, 7) is 3.87. The molecule has 19 nitrogen and oxygen atoms in total. The van der Waals surface area contributed by atoms with Crippen LogP contribution in [-0.4, -0.2) is 123 Å². The zero-order valence-electron chi connectivity index (χ0n) is 28.9. The van der Waals surface area contributed by atoms with Crippen molar-refractivity contribution in [2.75, 3.05) is 31.1 Å². The van der Waals surface area contributed by atoms with Gasteiger partial charge in [0.25, 0.3) is 11.8 Å². The first kappa shape index (κ1) is 39.3. The lowest BCUT2D eigenvalue weighted by molar-refractivity contribution is -0.925. The highest BCUT2D eigenvalue weighted by Gasteiger charge is 2.55. The molecule has 3 atom stereocenters. The number of aryl methyl sites for hydroxylation is 1. The van der Waals surface area contributed by atoms with E-state index in [0.29, 0.717) is 40.8 Å². The number of aromatic hydroxyl groups is 2. The summed E-state index contributed by atoms with van der Waals surface area (Å²) in [7, 11) is 0. The molecule has 2 aromatic heterocycles. The number of β-lactam (4-membered cyclic amide) rings is 1. The number of likely N-dealkylation sites (tertiary alicyclic amines) is 1. The first-order valence-electron chi connectivity index (χ1n) is 16.8. The lowest BCUT2D eigenvalue weighted by Crippen LogP contribution is -2.71. The Kier molecular flexibility index (Phi) is 11.0. The normalized spacial score (nSPS) is 19.9. The van der Waals surface area contributed by atoms with Crippen LogP contribution in [0.3, 0.4) is 0 Å². The number of phenols is 2. The van der Waals surface area contributed by atoms with Gasteiger partial charge in [-0.25, -0.2) is 14.6 Å². The van der Waals surface area contributed by atoms with Gasteiger partial charge in [-0.3, -0.25) is 24.1 Å². The number of quaternary nitrogens is 1. The highest BCUT2D eigenvalue weighted by atomic mass is 35.5. The number of carbonyl (C=O) groups excluding carboxylic acids is 2. The number of amides is 2. The van der Waals surface area contributed by atoms with Crippen molar-refractivity contribution in [3.05, 3.63) is 55.4 Å². The molecule has 0 unspecified atom stereocenters. The largest absolute Gasteiger partial charge is 0.504 e. The molecule has 0 saturated carbocycles. The summed E-state index contributed by atoms with van der Waals surface area (Å²) in [5.41, 5.74) is 5.49. The molecule has 0 radical (unpaired) electrons. The number of benzene rings is 1. The fourth-order valence-electron chi connectivity index (χ4n) is 7.11. The third-order valence-electron chi connectivity index (χ3n) is 9.65. The van der Waals surface area contributed by atoms with Gasteiger partial charge in [0.2, 0.25) is 6.10 Å². The zero-order chi connectivity index (χ0) is 39.9. The number of carboxylic acid groups (broad SMARTS) is 3. The molecule has 3 aromatic rings. The van der Waals surface area contributed by atoms with E-state index in [2.05, 4.69) is 15.5 Å². The van der Waals surface area contributed by atoms with E-state index >= 15 is 0 Å². The number of nitrogens with two attached hydrogens (primary N) is 1. The van der Waals surface area contributed by atoms with Crippen molar-refractivity contribution in [1.29, 1.82) is 0 Å². The number of carboxylic acids is 3. The van der Waals surface area contributed by atoms with Gasteiger partial charge in [0.05, 0.1) is 41.0 Å². The molecule has 0 bridgehead atoms. The van der Waals surface area contributed by atoms with Crippen molar-refractivity contribution >= 4 is 86.2 Å². The molecule has 2 saturated heterocycles. The van der Waals surface area contributed by atoms with Gasteiger partial charge in [0.1, 0.15) is 35.9 Å². The third kappa shape index (κ3) is 7.51. The Labute approximate surface area is 323 Å². The van der Waals surface area contributed by atoms with Gasteiger partial charge in [0.15, 0.2) is 27.8 Å². The van der Waals surface area contributed by atoms with E-state index in [9.17, 15) is 49.2 Å². The van der Waals surface area contributed by atoms with Crippen LogP contribution in [0.15, 0.2) is 38.9 Å². The monoisotopic (exact) mass is 820 g/mol. The molecule has 55 heavy (non-hydrogen) atoms. The molecule has 2 amide bonds. The highest BCUT2D eigenvalue weighted by molar-refractivity contribution is 8.00. The van der Waals surface area contributed by atoms with Crippen molar-refractivity contribution in [1.82, 2.24) is 19.8 Å². The lowest BCUT2D eigenvalue weighted by atomic mass is 10.0. The fraction of sp³-hybridized carbons (Fsp3) is 0.394. The quantitative estimate of drug-likeness (QED) is 0.0397. The molecule has 2 fully saturated rings. The first-order chi connectivity index (χ1) is 26.1. The number of oxime groups is 1. The molecular weight excluding hydrogens is 786 g/mol. The van der Waals surface area contributed by atoms with Crippen molar-refractivity contribution in [2.24, 2.45) is 5.16 Å². The number of hydrogen-bond donors (Lipinski definition) is 7. The van der Waals surface area contributed by atoms with Crippen LogP contribution in [0.4, 0.5) is 5.13 Å². The molecule has 0 spiro atoms. The summed E-state index contributed by atoms with van der Waals surface area (Å²) >= 11 is 8.51. The van der Waals surface area contributed by atoms with Gasteiger partial charge in [-0.2, -0.15) is 0 Å². The molecule has 292 valence electrons. The van der Waals surface area contributed by atoms with Gasteiger partial charge in [-0.05, 0) is 6.92 Å². The summed E-state index contributed by atoms with van der Waals surface area (Å²) < 4.78 is 2.05. The Bertz CT molecular complexity index is 2250. The molecule has 8 N–H and O–H groups in total. The summed E-state index contributed by atoms with van der Waals surface area (Å²) in [6, 6.07) is 0.0442. The van der Waals surface area contributed by atoms with Gasteiger partial charge >= 0.3 is 17.9 Å². The average molecular weight is 821 g/mol. The predicted octanol–water partition coefficient (Wildman–Crippen LogP) is 1.32. The Morgan fingerprint density at radius 1 is 1.16 bits per heavy atom. The standard InChI is InChI=1S/C33H34ClN7O12S2/c1-2-39-9-14(26(45)21-17(39)7-18(42)27(46)22(21)34)10-41(5-3-4-6-41)11-15-12-54-30-24(29(48)40(30)25(15)32(51)52)37-28(47)23(16-13-55-33(35)36-16)38-53-19(31(49)50)8-20(43)44/h7,9,13,19,24,30H,2-6,8,10-12H2,1H3,(H7-,35,36,37,38,42,43,44,45,46,47,49,50,51,52)/p+1/t19-,24+,30+/m0/s1. The molecule has 6 rings (SSSR count). The van der Waals surface area contributed by atoms with Gasteiger partial charge in [-0.1, -0.05) is 16.8 Å². The Morgan fingerprint density at radius 3 is 2.47 bits per heavy atom. The number of fused-ring (bicyclic) bond motifs is 2. The smallest absolute Gasteiger partial charge is 0.352 e. The Balaban J connectivity index is 1.26. The number of nitrogen functional groups attached to an aromatic ring is 1. The number of carbonyl (C=O) groups is 5. The molecular formula is C33H35ClN7O12S2+. The van der Waals surface area contributed by atoms with Crippen LogP contribution in [-0.2, 0) is 41.9 Å². The van der Waals surface area contributed by atoms with E-state index in [0.717, 1.165) is 29.1 Å². The lowest BCUT2D eigenvalue weighted by Gasteiger charge is -2.50. The van der Waals surface area contributed by atoms with E-state index < -0.39 is 76.3 Å². The number of nitrogens with one attached hydrogen (secondary N) is 1. The van der Waals surface area contributed by atoms with Crippen LogP contribution in [0.1, 0.15) is 37.4 Å². The number of halogens is 1. The number of aromatic nitrogens is 2. The van der Waals surface area contributed by atoms with E-state index in [1.807, 2.05) is 6.92 Å². The summed E-state index contributed by atoms with van der Waals surface area (Å²) in [6.07, 6.45) is 0.349. The Morgan fingerprint density at radius 2 is 1.87 bits per heavy atom. The number of thioether (sulfide) groups is 1. The Hall–Kier alpha value is -5.38. The predicted molar refractivity (Wildman–Crippen MR) is 198 cm³/mol. The fourth-order valence-corrected chi connectivity index (χ4v) is 9.27. The van der Waals surface area contributed by atoms with Crippen LogP contribution in [0.2, 0.25) is 5.02 Å². The molecule has 3 aliphatic heterocycles. The van der Waals surface area contributed by atoms with Gasteiger partial charge < -0.3 is 50.5 Å². The minimum absolute atomic E-state index is 0.0202. The molecule has 1 aromatic carbocycles. The van der Waals surface area contributed by atoms with E-state index in [4.69, 9.17) is 27.3 Å². The average Bonchev–Trinajstić information content (AvgIpc) is 3.78. The first-order valence-corrected chi connectivity index (χ1v) is 19.1. The minimum Gasteiger partial charge on any atom is -0.504 e. The SMILES string of the molecule is CCn1cc(C[N+]2(CC3=C(C(=O)O)N4C(=O)[C@@H](NC(=O)/C(=N\O[C@@H](CC(=O)O)C(=O)O)c5csc(N)n5)[C@H]4SC3)CCCC2)c(=O)c2c(Cl)c(O)c(O)cc21. The molecule has 3 aliphatic rings. The molecule has 5 heterocycles. The second kappa shape index (κ2) is 15.4.